The standard InChI is InChI=1S/C15H20N4/c1-5-13-11(4)14(17-6-2)19-15(18-13)12-9-16-8-7-10(12)3/h7-9H,5-6H2,1-4H3,(H,17,18,19). The van der Waals surface area contributed by atoms with E-state index in [4.69, 9.17) is 0 Å². The molecular formula is C15H20N4. The van der Waals surface area contributed by atoms with Crippen LogP contribution in [0.5, 0.6) is 0 Å². The molecule has 0 aliphatic carbocycles. The second-order valence-electron chi connectivity index (χ2n) is 4.54. The largest absolute Gasteiger partial charge is 0.370 e. The summed E-state index contributed by atoms with van der Waals surface area (Å²) in [6.45, 7) is 9.16. The van der Waals surface area contributed by atoms with E-state index in [9.17, 15) is 0 Å². The van der Waals surface area contributed by atoms with Crippen LogP contribution in [0.2, 0.25) is 0 Å². The third-order valence-corrected chi connectivity index (χ3v) is 3.21. The summed E-state index contributed by atoms with van der Waals surface area (Å²) in [7, 11) is 0. The molecule has 0 fully saturated rings. The normalized spacial score (nSPS) is 10.5. The molecule has 2 rings (SSSR count). The first-order valence-electron chi connectivity index (χ1n) is 6.69. The molecule has 0 amide bonds. The number of aromatic nitrogens is 3. The van der Waals surface area contributed by atoms with Crippen LogP contribution in [-0.2, 0) is 6.42 Å². The lowest BCUT2D eigenvalue weighted by Crippen LogP contribution is -2.08. The molecule has 4 nitrogen and oxygen atoms in total. The smallest absolute Gasteiger partial charge is 0.163 e. The second-order valence-corrected chi connectivity index (χ2v) is 4.54. The minimum atomic E-state index is 0.754. The van der Waals surface area contributed by atoms with E-state index in [2.05, 4.69) is 48.0 Å². The van der Waals surface area contributed by atoms with Gasteiger partial charge in [-0.2, -0.15) is 0 Å². The molecule has 2 heterocycles. The summed E-state index contributed by atoms with van der Waals surface area (Å²) < 4.78 is 0. The van der Waals surface area contributed by atoms with Gasteiger partial charge in [0.15, 0.2) is 5.82 Å². The molecule has 0 aliphatic rings. The summed E-state index contributed by atoms with van der Waals surface area (Å²) in [4.78, 5) is 13.5. The first kappa shape index (κ1) is 13.5. The number of hydrogen-bond donors (Lipinski definition) is 1. The molecule has 0 aliphatic heterocycles. The molecule has 0 bridgehead atoms. The third kappa shape index (κ3) is 2.72. The Kier molecular flexibility index (Phi) is 4.10. The summed E-state index contributed by atoms with van der Waals surface area (Å²) >= 11 is 0. The molecule has 1 N–H and O–H groups in total. The van der Waals surface area contributed by atoms with Crippen LogP contribution in [0.1, 0.15) is 30.7 Å². The van der Waals surface area contributed by atoms with Gasteiger partial charge in [-0.05, 0) is 38.8 Å². The molecule has 0 saturated heterocycles. The Balaban J connectivity index is 2.58. The van der Waals surface area contributed by atoms with Crippen LogP contribution in [-0.4, -0.2) is 21.5 Å². The van der Waals surface area contributed by atoms with Crippen LogP contribution in [0.15, 0.2) is 18.5 Å². The van der Waals surface area contributed by atoms with E-state index in [0.29, 0.717) is 0 Å². The summed E-state index contributed by atoms with van der Waals surface area (Å²) in [5, 5.41) is 3.31. The van der Waals surface area contributed by atoms with Crippen LogP contribution >= 0.6 is 0 Å². The van der Waals surface area contributed by atoms with Gasteiger partial charge < -0.3 is 5.32 Å². The third-order valence-electron chi connectivity index (χ3n) is 3.21. The fourth-order valence-corrected chi connectivity index (χ4v) is 2.07. The summed E-state index contributed by atoms with van der Waals surface area (Å²) in [6, 6.07) is 1.98. The molecule has 2 aromatic heterocycles. The molecular weight excluding hydrogens is 236 g/mol. The minimum Gasteiger partial charge on any atom is -0.370 e. The maximum Gasteiger partial charge on any atom is 0.163 e. The topological polar surface area (TPSA) is 50.7 Å². The molecule has 0 unspecified atom stereocenters. The van der Waals surface area contributed by atoms with Crippen LogP contribution < -0.4 is 5.32 Å². The van der Waals surface area contributed by atoms with Crippen molar-refractivity contribution in [1.29, 1.82) is 0 Å². The molecule has 0 saturated carbocycles. The van der Waals surface area contributed by atoms with Gasteiger partial charge in [0.2, 0.25) is 0 Å². The van der Waals surface area contributed by atoms with Crippen molar-refractivity contribution in [2.24, 2.45) is 0 Å². The number of nitrogens with one attached hydrogen (secondary N) is 1. The van der Waals surface area contributed by atoms with Crippen molar-refractivity contribution in [3.63, 3.8) is 0 Å². The molecule has 4 heteroatoms. The van der Waals surface area contributed by atoms with Gasteiger partial charge in [-0.3, -0.25) is 4.98 Å². The summed E-state index contributed by atoms with van der Waals surface area (Å²) in [6.07, 6.45) is 4.52. The minimum absolute atomic E-state index is 0.754. The molecule has 100 valence electrons. The second kappa shape index (κ2) is 5.78. The number of rotatable bonds is 4. The maximum atomic E-state index is 4.67. The zero-order chi connectivity index (χ0) is 13.8. The van der Waals surface area contributed by atoms with E-state index < -0.39 is 0 Å². The van der Waals surface area contributed by atoms with Gasteiger partial charge in [0.1, 0.15) is 5.82 Å². The van der Waals surface area contributed by atoms with E-state index >= 15 is 0 Å². The number of nitrogens with zero attached hydrogens (tertiary/aromatic N) is 3. The van der Waals surface area contributed by atoms with E-state index in [-0.39, 0.29) is 0 Å². The van der Waals surface area contributed by atoms with Gasteiger partial charge in [0, 0.05) is 35.8 Å². The Morgan fingerprint density at radius 3 is 2.58 bits per heavy atom. The van der Waals surface area contributed by atoms with Crippen molar-refractivity contribution < 1.29 is 0 Å². The lowest BCUT2D eigenvalue weighted by atomic mass is 10.1. The zero-order valence-corrected chi connectivity index (χ0v) is 12.0. The van der Waals surface area contributed by atoms with Crippen LogP contribution in [0, 0.1) is 13.8 Å². The summed E-state index contributed by atoms with van der Waals surface area (Å²) in [5.41, 5.74) is 4.36. The average molecular weight is 256 g/mol. The highest BCUT2D eigenvalue weighted by Crippen LogP contribution is 2.23. The lowest BCUT2D eigenvalue weighted by molar-refractivity contribution is 0.968. The SMILES string of the molecule is CCNc1nc(-c2cnccc2C)nc(CC)c1C. The molecule has 0 atom stereocenters. The van der Waals surface area contributed by atoms with Crippen molar-refractivity contribution in [2.45, 2.75) is 34.1 Å². The van der Waals surface area contributed by atoms with Gasteiger partial charge in [-0.15, -0.1) is 0 Å². The fraction of sp³-hybridized carbons (Fsp3) is 0.400. The molecule has 2 aromatic rings. The van der Waals surface area contributed by atoms with Gasteiger partial charge in [0.05, 0.1) is 0 Å². The predicted molar refractivity (Wildman–Crippen MR) is 78.3 cm³/mol. The molecule has 0 spiro atoms. The van der Waals surface area contributed by atoms with Gasteiger partial charge in [-0.25, -0.2) is 9.97 Å². The van der Waals surface area contributed by atoms with Crippen molar-refractivity contribution in [2.75, 3.05) is 11.9 Å². The predicted octanol–water partition coefficient (Wildman–Crippen LogP) is 3.15. The highest BCUT2D eigenvalue weighted by atomic mass is 15.0. The Bertz CT molecular complexity index is 578. The highest BCUT2D eigenvalue weighted by Gasteiger charge is 2.12. The highest BCUT2D eigenvalue weighted by molar-refractivity contribution is 5.62. The Morgan fingerprint density at radius 2 is 1.95 bits per heavy atom. The van der Waals surface area contributed by atoms with Crippen molar-refractivity contribution in [3.05, 3.63) is 35.3 Å². The lowest BCUT2D eigenvalue weighted by Gasteiger charge is -2.13. The number of aryl methyl sites for hydroxylation is 2. The van der Waals surface area contributed by atoms with E-state index in [1.165, 1.54) is 0 Å². The van der Waals surface area contributed by atoms with Crippen molar-refractivity contribution in [3.8, 4) is 11.4 Å². The Labute approximate surface area is 114 Å². The monoisotopic (exact) mass is 256 g/mol. The van der Waals surface area contributed by atoms with Gasteiger partial charge in [-0.1, -0.05) is 6.92 Å². The number of hydrogen-bond acceptors (Lipinski definition) is 4. The maximum absolute atomic E-state index is 4.67. The van der Waals surface area contributed by atoms with Gasteiger partial charge >= 0.3 is 0 Å². The molecule has 0 aromatic carbocycles. The first-order chi connectivity index (χ1) is 9.17. The van der Waals surface area contributed by atoms with Crippen LogP contribution in [0.25, 0.3) is 11.4 Å². The average Bonchev–Trinajstić information content (AvgIpc) is 2.42. The van der Waals surface area contributed by atoms with Crippen LogP contribution in [0.3, 0.4) is 0 Å². The molecule has 0 radical (unpaired) electrons. The number of anilines is 1. The summed E-state index contributed by atoms with van der Waals surface area (Å²) in [5.74, 6) is 1.68. The zero-order valence-electron chi connectivity index (χ0n) is 12.0. The van der Waals surface area contributed by atoms with E-state index in [1.807, 2.05) is 12.3 Å². The quantitative estimate of drug-likeness (QED) is 0.913. The fourth-order valence-electron chi connectivity index (χ4n) is 2.07. The van der Waals surface area contributed by atoms with Crippen molar-refractivity contribution >= 4 is 5.82 Å². The first-order valence-corrected chi connectivity index (χ1v) is 6.69. The van der Waals surface area contributed by atoms with Gasteiger partial charge in [0.25, 0.3) is 0 Å². The van der Waals surface area contributed by atoms with Crippen molar-refractivity contribution in [1.82, 2.24) is 15.0 Å². The van der Waals surface area contributed by atoms with E-state index in [0.717, 1.165) is 47.0 Å². The van der Waals surface area contributed by atoms with Crippen LogP contribution in [0.4, 0.5) is 5.82 Å². The van der Waals surface area contributed by atoms with E-state index in [1.54, 1.807) is 6.20 Å². The Hall–Kier alpha value is -1.97. The Morgan fingerprint density at radius 1 is 1.16 bits per heavy atom. The molecule has 19 heavy (non-hydrogen) atoms. The number of pyridine rings is 1.